The maximum atomic E-state index is 12.0. The molecule has 0 amide bonds. The number of nitro groups is 1. The van der Waals surface area contributed by atoms with Crippen molar-refractivity contribution in [2.45, 2.75) is 17.2 Å². The molecule has 2 aromatic rings. The number of nitro benzene ring substituents is 1. The Kier molecular flexibility index (Phi) is 5.70. The summed E-state index contributed by atoms with van der Waals surface area (Å²) in [6, 6.07) is 7.19. The third-order valence-electron chi connectivity index (χ3n) is 3.63. The van der Waals surface area contributed by atoms with Crippen molar-refractivity contribution < 1.29 is 19.9 Å². The monoisotopic (exact) mass is 411 g/mol. The standard InChI is InChI=1S/C15H13N3O7S2/c19-7-9-12(21)13(14(25-9)17-6-5-11(20)16-15(17)22)27-26-10-4-2-1-3-8(10)18(23)24/h1-6,9,14,19,21H,7H2,(H,16,20,22)/t9-,14-/m1/s1. The van der Waals surface area contributed by atoms with E-state index in [9.17, 15) is 29.9 Å². The zero-order chi connectivity index (χ0) is 19.6. The molecule has 0 fully saturated rings. The molecule has 3 rings (SSSR count). The number of aromatic amines is 1. The Labute approximate surface area is 159 Å². The first-order chi connectivity index (χ1) is 12.9. The molecule has 2 atom stereocenters. The summed E-state index contributed by atoms with van der Waals surface area (Å²) in [5.41, 5.74) is -1.46. The van der Waals surface area contributed by atoms with Gasteiger partial charge in [0.25, 0.3) is 11.2 Å². The van der Waals surface area contributed by atoms with Crippen LogP contribution >= 0.6 is 21.6 Å². The first-order valence-corrected chi connectivity index (χ1v) is 9.66. The molecule has 0 spiro atoms. The third-order valence-corrected chi connectivity index (χ3v) is 6.15. The van der Waals surface area contributed by atoms with Gasteiger partial charge in [-0.25, -0.2) is 4.79 Å². The van der Waals surface area contributed by atoms with Gasteiger partial charge < -0.3 is 14.9 Å². The van der Waals surface area contributed by atoms with Crippen LogP contribution in [-0.4, -0.2) is 37.4 Å². The predicted octanol–water partition coefficient (Wildman–Crippen LogP) is 1.54. The highest BCUT2D eigenvalue weighted by molar-refractivity contribution is 8.78. The Balaban J connectivity index is 1.93. The van der Waals surface area contributed by atoms with Crippen LogP contribution in [0.3, 0.4) is 0 Å². The highest BCUT2D eigenvalue weighted by Crippen LogP contribution is 2.49. The van der Waals surface area contributed by atoms with Crippen molar-refractivity contribution in [3.63, 3.8) is 0 Å². The largest absolute Gasteiger partial charge is 0.508 e. The molecule has 0 saturated heterocycles. The summed E-state index contributed by atoms with van der Waals surface area (Å²) >= 11 is 0. The van der Waals surface area contributed by atoms with E-state index in [1.807, 2.05) is 0 Å². The van der Waals surface area contributed by atoms with Gasteiger partial charge in [0.15, 0.2) is 6.23 Å². The number of nitrogens with zero attached hydrogens (tertiary/aromatic N) is 2. The molecule has 10 nitrogen and oxygen atoms in total. The third kappa shape index (κ3) is 3.93. The molecular formula is C15H13N3O7S2. The smallest absolute Gasteiger partial charge is 0.330 e. The van der Waals surface area contributed by atoms with Gasteiger partial charge in [0.2, 0.25) is 0 Å². The van der Waals surface area contributed by atoms with Crippen molar-refractivity contribution in [1.82, 2.24) is 9.55 Å². The minimum atomic E-state index is -1.09. The Bertz CT molecular complexity index is 1020. The molecule has 142 valence electrons. The first kappa shape index (κ1) is 19.2. The lowest BCUT2D eigenvalue weighted by Gasteiger charge is -2.16. The number of ether oxygens (including phenoxy) is 1. The maximum Gasteiger partial charge on any atom is 0.330 e. The summed E-state index contributed by atoms with van der Waals surface area (Å²) in [6.45, 7) is -0.527. The lowest BCUT2D eigenvalue weighted by atomic mass is 10.3. The number of aliphatic hydroxyl groups is 2. The quantitative estimate of drug-likeness (QED) is 0.366. The summed E-state index contributed by atoms with van der Waals surface area (Å²) < 4.78 is 6.56. The van der Waals surface area contributed by atoms with E-state index in [1.54, 1.807) is 12.1 Å². The number of hydrogen-bond acceptors (Lipinski definition) is 9. The van der Waals surface area contributed by atoms with Gasteiger partial charge >= 0.3 is 5.69 Å². The molecule has 1 aromatic carbocycles. The van der Waals surface area contributed by atoms with Crippen molar-refractivity contribution in [2.24, 2.45) is 0 Å². The summed E-state index contributed by atoms with van der Waals surface area (Å²) in [5.74, 6) is -0.281. The van der Waals surface area contributed by atoms with Gasteiger partial charge in [-0.2, -0.15) is 0 Å². The van der Waals surface area contributed by atoms with Crippen LogP contribution in [-0.2, 0) is 4.74 Å². The zero-order valence-corrected chi connectivity index (χ0v) is 15.1. The molecule has 0 bridgehead atoms. The van der Waals surface area contributed by atoms with Gasteiger partial charge in [-0.1, -0.05) is 12.1 Å². The number of rotatable bonds is 6. The van der Waals surface area contributed by atoms with E-state index >= 15 is 0 Å². The Morgan fingerprint density at radius 3 is 2.67 bits per heavy atom. The van der Waals surface area contributed by atoms with Gasteiger partial charge in [0.1, 0.15) is 11.9 Å². The molecule has 0 radical (unpaired) electrons. The van der Waals surface area contributed by atoms with Crippen LogP contribution in [0.25, 0.3) is 0 Å². The van der Waals surface area contributed by atoms with E-state index in [1.165, 1.54) is 18.3 Å². The minimum Gasteiger partial charge on any atom is -0.508 e. The molecule has 27 heavy (non-hydrogen) atoms. The van der Waals surface area contributed by atoms with Crippen molar-refractivity contribution in [1.29, 1.82) is 0 Å². The normalized spacial score (nSPS) is 19.4. The highest BCUT2D eigenvalue weighted by atomic mass is 33.1. The van der Waals surface area contributed by atoms with E-state index in [2.05, 4.69) is 4.98 Å². The Morgan fingerprint density at radius 1 is 1.26 bits per heavy atom. The number of hydrogen-bond donors (Lipinski definition) is 3. The van der Waals surface area contributed by atoms with Gasteiger partial charge in [0.05, 0.1) is 21.3 Å². The maximum absolute atomic E-state index is 12.0. The van der Waals surface area contributed by atoms with E-state index < -0.39 is 35.1 Å². The second-order valence-electron chi connectivity index (χ2n) is 5.32. The number of aromatic nitrogens is 2. The predicted molar refractivity (Wildman–Crippen MR) is 98.5 cm³/mol. The summed E-state index contributed by atoms with van der Waals surface area (Å²) in [5, 5.41) is 30.8. The highest BCUT2D eigenvalue weighted by Gasteiger charge is 2.37. The lowest BCUT2D eigenvalue weighted by Crippen LogP contribution is -2.32. The number of H-pyrrole nitrogens is 1. The van der Waals surface area contributed by atoms with Crippen LogP contribution in [0.2, 0.25) is 0 Å². The Hall–Kier alpha value is -2.54. The van der Waals surface area contributed by atoms with Crippen LogP contribution in [0.4, 0.5) is 5.69 Å². The van der Waals surface area contributed by atoms with Crippen LogP contribution in [0.15, 0.2) is 61.7 Å². The van der Waals surface area contributed by atoms with Crippen molar-refractivity contribution in [3.8, 4) is 0 Å². The molecule has 0 saturated carbocycles. The molecule has 1 aromatic heterocycles. The fraction of sp³-hybridized carbons (Fsp3) is 0.200. The summed E-state index contributed by atoms with van der Waals surface area (Å²) in [4.78, 5) is 36.5. The van der Waals surface area contributed by atoms with Crippen molar-refractivity contribution in [2.75, 3.05) is 6.61 Å². The average molecular weight is 411 g/mol. The second kappa shape index (κ2) is 8.00. The molecule has 0 unspecified atom stereocenters. The van der Waals surface area contributed by atoms with Crippen LogP contribution in [0.1, 0.15) is 6.23 Å². The van der Waals surface area contributed by atoms with E-state index in [0.29, 0.717) is 4.90 Å². The second-order valence-corrected chi connectivity index (χ2v) is 7.53. The molecular weight excluding hydrogens is 398 g/mol. The Morgan fingerprint density at radius 2 is 2.00 bits per heavy atom. The average Bonchev–Trinajstić information content (AvgIpc) is 2.95. The molecule has 12 heteroatoms. The van der Waals surface area contributed by atoms with Gasteiger partial charge in [-0.05, 0) is 27.7 Å². The molecule has 1 aliphatic rings. The number of para-hydroxylation sites is 1. The van der Waals surface area contributed by atoms with Gasteiger partial charge in [-0.3, -0.25) is 24.5 Å². The van der Waals surface area contributed by atoms with Crippen LogP contribution in [0, 0.1) is 10.1 Å². The first-order valence-electron chi connectivity index (χ1n) is 7.51. The number of benzene rings is 1. The number of aliphatic hydroxyl groups excluding tert-OH is 2. The van der Waals surface area contributed by atoms with Crippen molar-refractivity contribution >= 4 is 27.3 Å². The van der Waals surface area contributed by atoms with E-state index in [0.717, 1.165) is 32.2 Å². The summed E-state index contributed by atoms with van der Waals surface area (Å²) in [6.07, 6.45) is -0.941. The fourth-order valence-electron chi connectivity index (χ4n) is 2.35. The van der Waals surface area contributed by atoms with Crippen molar-refractivity contribution in [3.05, 3.63) is 78.1 Å². The van der Waals surface area contributed by atoms with Gasteiger partial charge in [0, 0.05) is 18.3 Å². The fourth-order valence-corrected chi connectivity index (χ4v) is 4.83. The van der Waals surface area contributed by atoms with E-state index in [-0.39, 0.29) is 16.4 Å². The lowest BCUT2D eigenvalue weighted by molar-refractivity contribution is -0.387. The SMILES string of the molecule is O=c1ccn([C@@H]2O[C@H](CO)C(O)=C2SSc2ccccc2[N+](=O)[O-])c(=O)[nH]1. The minimum absolute atomic E-state index is 0.106. The topological polar surface area (TPSA) is 148 Å². The van der Waals surface area contributed by atoms with Gasteiger partial charge in [-0.15, -0.1) is 0 Å². The molecule has 3 N–H and O–H groups in total. The zero-order valence-electron chi connectivity index (χ0n) is 13.5. The summed E-state index contributed by atoms with van der Waals surface area (Å²) in [7, 11) is 1.97. The number of nitrogens with one attached hydrogen (secondary N) is 1. The van der Waals surface area contributed by atoms with E-state index in [4.69, 9.17) is 4.74 Å². The van der Waals surface area contributed by atoms with Crippen LogP contribution < -0.4 is 11.2 Å². The molecule has 1 aliphatic heterocycles. The molecule has 2 heterocycles. The molecule has 0 aliphatic carbocycles. The van der Waals surface area contributed by atoms with Crippen LogP contribution in [0.5, 0.6) is 0 Å².